The lowest BCUT2D eigenvalue weighted by Gasteiger charge is -2.14. The molecule has 1 unspecified atom stereocenters. The van der Waals surface area contributed by atoms with Crippen molar-refractivity contribution < 1.29 is 33.0 Å². The average molecular weight is 374 g/mol. The van der Waals surface area contributed by atoms with Crippen LogP contribution in [-0.4, -0.2) is 39.2 Å². The fraction of sp³-hybridized carbons (Fsp3) is 0.316. The summed E-state index contributed by atoms with van der Waals surface area (Å²) in [5, 5.41) is 0. The van der Waals surface area contributed by atoms with Crippen LogP contribution in [0.4, 0.5) is 0 Å². The Balaban J connectivity index is 2.19. The molecule has 1 atom stereocenters. The van der Waals surface area contributed by atoms with E-state index in [1.54, 1.807) is 6.92 Å². The Kier molecular flexibility index (Phi) is 4.89. The van der Waals surface area contributed by atoms with E-state index in [0.717, 1.165) is 6.26 Å². The van der Waals surface area contributed by atoms with Gasteiger partial charge < -0.3 is 23.4 Å². The van der Waals surface area contributed by atoms with Crippen molar-refractivity contribution in [2.45, 2.75) is 19.4 Å². The Labute approximate surface area is 154 Å². The quantitative estimate of drug-likeness (QED) is 0.578. The monoisotopic (exact) mass is 374 g/mol. The molecule has 8 heteroatoms. The zero-order valence-corrected chi connectivity index (χ0v) is 15.3. The van der Waals surface area contributed by atoms with Crippen LogP contribution >= 0.6 is 0 Å². The maximum Gasteiger partial charge on any atom is 0.338 e. The third-order valence-electron chi connectivity index (χ3n) is 4.22. The molecule has 0 N–H and O–H groups in total. The normalized spacial score (nSPS) is 14.9. The smallest absolute Gasteiger partial charge is 0.338 e. The number of methoxy groups -OCH3 is 3. The molecule has 3 rings (SSSR count). The number of benzene rings is 1. The summed E-state index contributed by atoms with van der Waals surface area (Å²) in [6.45, 7) is 1.79. The highest BCUT2D eigenvalue weighted by molar-refractivity contribution is 6.16. The lowest BCUT2D eigenvalue weighted by Crippen LogP contribution is -2.21. The fourth-order valence-corrected chi connectivity index (χ4v) is 2.92. The van der Waals surface area contributed by atoms with E-state index >= 15 is 0 Å². The number of rotatable bonds is 5. The summed E-state index contributed by atoms with van der Waals surface area (Å²) in [5.74, 6) is -0.754. The molecular formula is C19H18O8. The molecule has 2 heterocycles. The molecule has 0 amide bonds. The van der Waals surface area contributed by atoms with Crippen LogP contribution in [0.15, 0.2) is 27.6 Å². The SMILES string of the molecule is COC(=O)c1cc(OC)cc(OC)c1C(=O)c1coc2c(c1=O)OC(C)C2. The molecular weight excluding hydrogens is 356 g/mol. The van der Waals surface area contributed by atoms with Crippen LogP contribution in [0.25, 0.3) is 0 Å². The van der Waals surface area contributed by atoms with E-state index in [2.05, 4.69) is 0 Å². The van der Waals surface area contributed by atoms with Crippen molar-refractivity contribution in [2.24, 2.45) is 0 Å². The fourth-order valence-electron chi connectivity index (χ4n) is 2.92. The van der Waals surface area contributed by atoms with Gasteiger partial charge in [-0.25, -0.2) is 4.79 Å². The van der Waals surface area contributed by atoms with Gasteiger partial charge in [-0.2, -0.15) is 0 Å². The van der Waals surface area contributed by atoms with Crippen molar-refractivity contribution in [1.82, 2.24) is 0 Å². The van der Waals surface area contributed by atoms with Crippen LogP contribution in [0, 0.1) is 0 Å². The van der Waals surface area contributed by atoms with Crippen LogP contribution in [0.3, 0.4) is 0 Å². The Morgan fingerprint density at radius 1 is 1.11 bits per heavy atom. The van der Waals surface area contributed by atoms with E-state index < -0.39 is 17.2 Å². The minimum absolute atomic E-state index is 0.0143. The van der Waals surface area contributed by atoms with Gasteiger partial charge in [0.15, 0.2) is 5.76 Å². The number of hydrogen-bond donors (Lipinski definition) is 0. The third-order valence-corrected chi connectivity index (χ3v) is 4.22. The number of esters is 1. The molecule has 1 aromatic carbocycles. The van der Waals surface area contributed by atoms with E-state index in [1.165, 1.54) is 33.5 Å². The molecule has 2 aromatic rings. The first-order chi connectivity index (χ1) is 12.9. The first-order valence-electron chi connectivity index (χ1n) is 8.11. The van der Waals surface area contributed by atoms with Crippen molar-refractivity contribution in [3.05, 3.63) is 51.1 Å². The zero-order chi connectivity index (χ0) is 19.7. The number of fused-ring (bicyclic) bond motifs is 1. The van der Waals surface area contributed by atoms with Gasteiger partial charge in [-0.05, 0) is 13.0 Å². The molecule has 0 saturated heterocycles. The van der Waals surface area contributed by atoms with Gasteiger partial charge in [0.05, 0.1) is 32.5 Å². The lowest BCUT2D eigenvalue weighted by molar-refractivity contribution is 0.0596. The van der Waals surface area contributed by atoms with Gasteiger partial charge in [0, 0.05) is 12.5 Å². The van der Waals surface area contributed by atoms with Crippen LogP contribution in [-0.2, 0) is 11.2 Å². The first-order valence-corrected chi connectivity index (χ1v) is 8.11. The Morgan fingerprint density at radius 2 is 1.85 bits per heavy atom. The maximum atomic E-state index is 13.1. The summed E-state index contributed by atoms with van der Waals surface area (Å²) in [5.41, 5.74) is -1.08. The van der Waals surface area contributed by atoms with E-state index in [4.69, 9.17) is 23.4 Å². The molecule has 0 radical (unpaired) electrons. The number of hydrogen-bond acceptors (Lipinski definition) is 8. The molecule has 0 saturated carbocycles. The van der Waals surface area contributed by atoms with Crippen molar-refractivity contribution in [2.75, 3.05) is 21.3 Å². The Morgan fingerprint density at radius 3 is 2.48 bits per heavy atom. The van der Waals surface area contributed by atoms with Crippen molar-refractivity contribution in [3.63, 3.8) is 0 Å². The van der Waals surface area contributed by atoms with E-state index in [-0.39, 0.29) is 34.3 Å². The van der Waals surface area contributed by atoms with E-state index in [9.17, 15) is 14.4 Å². The van der Waals surface area contributed by atoms with E-state index in [1.807, 2.05) is 0 Å². The van der Waals surface area contributed by atoms with Crippen molar-refractivity contribution in [3.8, 4) is 17.2 Å². The highest BCUT2D eigenvalue weighted by atomic mass is 16.5. The number of carbonyl (C=O) groups excluding carboxylic acids is 2. The third kappa shape index (κ3) is 3.14. The molecule has 142 valence electrons. The summed E-state index contributed by atoms with van der Waals surface area (Å²) in [7, 11) is 3.93. The highest BCUT2D eigenvalue weighted by Crippen LogP contribution is 2.32. The number of carbonyl (C=O) groups is 2. The summed E-state index contributed by atoms with van der Waals surface area (Å²) >= 11 is 0. The molecule has 0 spiro atoms. The summed E-state index contributed by atoms with van der Waals surface area (Å²) in [6.07, 6.45) is 1.30. The lowest BCUT2D eigenvalue weighted by atomic mass is 9.97. The zero-order valence-electron chi connectivity index (χ0n) is 15.3. The van der Waals surface area contributed by atoms with Crippen molar-refractivity contribution >= 4 is 11.8 Å². The first kappa shape index (κ1) is 18.5. The number of ether oxygens (including phenoxy) is 4. The van der Waals surface area contributed by atoms with Gasteiger partial charge in [0.2, 0.25) is 17.0 Å². The highest BCUT2D eigenvalue weighted by Gasteiger charge is 2.31. The second-order valence-electron chi connectivity index (χ2n) is 5.94. The molecule has 1 aliphatic heterocycles. The van der Waals surface area contributed by atoms with E-state index in [0.29, 0.717) is 17.9 Å². The van der Waals surface area contributed by atoms with Crippen LogP contribution < -0.4 is 19.6 Å². The average Bonchev–Trinajstić information content (AvgIpc) is 3.07. The Hall–Kier alpha value is -3.29. The van der Waals surface area contributed by atoms with Crippen molar-refractivity contribution in [1.29, 1.82) is 0 Å². The predicted octanol–water partition coefficient (Wildman–Crippen LogP) is 2.00. The minimum Gasteiger partial charge on any atom is -0.497 e. The van der Waals surface area contributed by atoms with Crippen LogP contribution in [0.5, 0.6) is 17.2 Å². The second kappa shape index (κ2) is 7.14. The van der Waals surface area contributed by atoms with Gasteiger partial charge in [0.1, 0.15) is 29.4 Å². The predicted molar refractivity (Wildman–Crippen MR) is 93.1 cm³/mol. The molecule has 0 aliphatic carbocycles. The molecule has 1 aromatic heterocycles. The second-order valence-corrected chi connectivity index (χ2v) is 5.94. The molecule has 0 bridgehead atoms. The van der Waals surface area contributed by atoms with Crippen LogP contribution in [0.1, 0.15) is 39.0 Å². The Bertz CT molecular complexity index is 972. The molecule has 0 fully saturated rings. The minimum atomic E-state index is -0.772. The van der Waals surface area contributed by atoms with Gasteiger partial charge in [-0.1, -0.05) is 0 Å². The van der Waals surface area contributed by atoms with Gasteiger partial charge in [0.25, 0.3) is 0 Å². The summed E-state index contributed by atoms with van der Waals surface area (Å²) in [4.78, 5) is 38.0. The molecule has 8 nitrogen and oxygen atoms in total. The van der Waals surface area contributed by atoms with Crippen LogP contribution in [0.2, 0.25) is 0 Å². The van der Waals surface area contributed by atoms with Gasteiger partial charge in [-0.15, -0.1) is 0 Å². The largest absolute Gasteiger partial charge is 0.497 e. The topological polar surface area (TPSA) is 101 Å². The molecule has 1 aliphatic rings. The van der Waals surface area contributed by atoms with Gasteiger partial charge in [-0.3, -0.25) is 9.59 Å². The summed E-state index contributed by atoms with van der Waals surface area (Å²) in [6, 6.07) is 2.78. The number of ketones is 1. The van der Waals surface area contributed by atoms with Gasteiger partial charge >= 0.3 is 5.97 Å². The summed E-state index contributed by atoms with van der Waals surface area (Å²) < 4.78 is 26.0. The standard InChI is InChI=1S/C19H18O8/c1-9-5-14-18(27-9)17(21)12(8-26-14)16(20)15-11(19(22)25-4)6-10(23-2)7-13(15)24-3/h6-9H,5H2,1-4H3. The molecule has 27 heavy (non-hydrogen) atoms. The maximum absolute atomic E-state index is 13.1.